The van der Waals surface area contributed by atoms with Gasteiger partial charge in [0, 0.05) is 12.2 Å². The quantitative estimate of drug-likeness (QED) is 0.487. The molecule has 0 bridgehead atoms. The van der Waals surface area contributed by atoms with Gasteiger partial charge < -0.3 is 10.1 Å². The molecule has 0 atom stereocenters. The van der Waals surface area contributed by atoms with Crippen LogP contribution in [0.2, 0.25) is 0 Å². The Bertz CT molecular complexity index is 611. The third-order valence-corrected chi connectivity index (χ3v) is 3.89. The van der Waals surface area contributed by atoms with E-state index in [1.165, 1.54) is 11.8 Å². The van der Waals surface area contributed by atoms with Crippen molar-refractivity contribution < 1.29 is 5.11 Å². The smallest absolute Gasteiger partial charge is 0.258 e. The lowest BCUT2D eigenvalue weighted by Crippen LogP contribution is -2.15. The van der Waals surface area contributed by atoms with E-state index in [0.29, 0.717) is 17.1 Å². The maximum atomic E-state index is 12.0. The summed E-state index contributed by atoms with van der Waals surface area (Å²) in [7, 11) is 0. The van der Waals surface area contributed by atoms with Crippen molar-refractivity contribution in [1.29, 1.82) is 0 Å². The summed E-state index contributed by atoms with van der Waals surface area (Å²) in [5, 5.41) is 10.4. The van der Waals surface area contributed by atoms with Crippen molar-refractivity contribution in [1.82, 2.24) is 9.97 Å². The number of hydrogen-bond donors (Lipinski definition) is 2. The Labute approximate surface area is 122 Å². The Morgan fingerprint density at radius 2 is 2.05 bits per heavy atom. The molecule has 0 unspecified atom stereocenters. The average molecular weight is 290 g/mol. The monoisotopic (exact) mass is 290 g/mol. The predicted molar refractivity (Wildman–Crippen MR) is 81.4 cm³/mol. The molecule has 0 aliphatic carbocycles. The van der Waals surface area contributed by atoms with Gasteiger partial charge in [0.15, 0.2) is 5.16 Å². The number of aromatic amines is 1. The molecule has 1 heterocycles. The fourth-order valence-electron chi connectivity index (χ4n) is 1.81. The normalized spacial score (nSPS) is 10.7. The van der Waals surface area contributed by atoms with Gasteiger partial charge in [0.2, 0.25) is 5.88 Å². The van der Waals surface area contributed by atoms with Crippen LogP contribution in [-0.2, 0) is 6.42 Å². The molecule has 0 aliphatic rings. The van der Waals surface area contributed by atoms with Gasteiger partial charge in [-0.15, -0.1) is 0 Å². The highest BCUT2D eigenvalue weighted by atomic mass is 32.2. The van der Waals surface area contributed by atoms with Gasteiger partial charge in [-0.1, -0.05) is 55.4 Å². The maximum absolute atomic E-state index is 12.0. The Balaban J connectivity index is 2.17. The molecule has 106 valence electrons. The highest BCUT2D eigenvalue weighted by Gasteiger charge is 2.11. The fraction of sp³-hybridized carbons (Fsp3) is 0.333. The van der Waals surface area contributed by atoms with Gasteiger partial charge in [-0.2, -0.15) is 4.98 Å². The minimum Gasteiger partial charge on any atom is -0.493 e. The van der Waals surface area contributed by atoms with Gasteiger partial charge >= 0.3 is 0 Å². The maximum Gasteiger partial charge on any atom is 0.258 e. The molecule has 0 radical (unpaired) electrons. The van der Waals surface area contributed by atoms with Gasteiger partial charge in [0.05, 0.1) is 5.56 Å². The van der Waals surface area contributed by atoms with E-state index in [9.17, 15) is 9.90 Å². The van der Waals surface area contributed by atoms with Crippen LogP contribution in [0.1, 0.15) is 30.9 Å². The Kier molecular flexibility index (Phi) is 5.24. The zero-order valence-electron chi connectivity index (χ0n) is 11.4. The topological polar surface area (TPSA) is 66.0 Å². The van der Waals surface area contributed by atoms with Crippen molar-refractivity contribution in [2.45, 2.75) is 31.3 Å². The Morgan fingerprint density at radius 3 is 2.70 bits per heavy atom. The highest BCUT2D eigenvalue weighted by molar-refractivity contribution is 7.99. The van der Waals surface area contributed by atoms with Gasteiger partial charge in [-0.3, -0.25) is 4.79 Å². The van der Waals surface area contributed by atoms with Gasteiger partial charge in [0.25, 0.3) is 5.56 Å². The number of unbranched alkanes of at least 4 members (excludes halogenated alkanes) is 1. The van der Waals surface area contributed by atoms with Crippen molar-refractivity contribution in [3.05, 3.63) is 51.8 Å². The summed E-state index contributed by atoms with van der Waals surface area (Å²) in [5.74, 6) is 0.716. The summed E-state index contributed by atoms with van der Waals surface area (Å²) in [4.78, 5) is 18.8. The molecule has 1 aromatic heterocycles. The number of nitrogens with one attached hydrogen (secondary N) is 1. The number of thioether (sulfide) groups is 1. The standard InChI is InChI=1S/C15H18N2O2S/c1-2-3-9-20-15-16-13(18)12(14(19)17-15)10-11-7-5-4-6-8-11/h4-8H,2-3,9-10H2,1H3,(H2,16,17,18,19). The predicted octanol–water partition coefficient (Wildman–Crippen LogP) is 2.96. The summed E-state index contributed by atoms with van der Waals surface area (Å²) in [6, 6.07) is 9.57. The van der Waals surface area contributed by atoms with Crippen molar-refractivity contribution in [3.63, 3.8) is 0 Å². The first-order chi connectivity index (χ1) is 9.70. The highest BCUT2D eigenvalue weighted by Crippen LogP contribution is 2.19. The van der Waals surface area contributed by atoms with Crippen LogP contribution in [0.15, 0.2) is 40.3 Å². The number of aromatic hydroxyl groups is 1. The van der Waals surface area contributed by atoms with Crippen LogP contribution in [0, 0.1) is 0 Å². The fourth-order valence-corrected chi connectivity index (χ4v) is 2.75. The van der Waals surface area contributed by atoms with E-state index in [2.05, 4.69) is 16.9 Å². The van der Waals surface area contributed by atoms with Crippen LogP contribution < -0.4 is 5.56 Å². The van der Waals surface area contributed by atoms with Crippen molar-refractivity contribution in [3.8, 4) is 5.88 Å². The molecule has 20 heavy (non-hydrogen) atoms. The molecule has 2 rings (SSSR count). The lowest BCUT2D eigenvalue weighted by molar-refractivity contribution is 0.437. The summed E-state index contributed by atoms with van der Waals surface area (Å²) in [6.07, 6.45) is 2.53. The summed E-state index contributed by atoms with van der Waals surface area (Å²) >= 11 is 1.46. The van der Waals surface area contributed by atoms with Crippen LogP contribution in [0.4, 0.5) is 0 Å². The summed E-state index contributed by atoms with van der Waals surface area (Å²) in [6.45, 7) is 2.11. The first kappa shape index (κ1) is 14.7. The molecule has 4 nitrogen and oxygen atoms in total. The third-order valence-electron chi connectivity index (χ3n) is 2.93. The number of benzene rings is 1. The first-order valence-electron chi connectivity index (χ1n) is 6.69. The molecule has 0 spiro atoms. The van der Waals surface area contributed by atoms with E-state index in [4.69, 9.17) is 0 Å². The number of H-pyrrole nitrogens is 1. The average Bonchev–Trinajstić information content (AvgIpc) is 2.44. The second-order valence-corrected chi connectivity index (χ2v) is 5.62. The lowest BCUT2D eigenvalue weighted by Gasteiger charge is -2.05. The van der Waals surface area contributed by atoms with Crippen molar-refractivity contribution in [2.75, 3.05) is 5.75 Å². The molecular weight excluding hydrogens is 272 g/mol. The number of aromatic nitrogens is 2. The Hall–Kier alpha value is -1.75. The summed E-state index contributed by atoms with van der Waals surface area (Å²) in [5.41, 5.74) is 1.03. The molecule has 0 saturated carbocycles. The van der Waals surface area contributed by atoms with E-state index >= 15 is 0 Å². The number of nitrogens with zero attached hydrogens (tertiary/aromatic N) is 1. The number of hydrogen-bond acceptors (Lipinski definition) is 4. The van der Waals surface area contributed by atoms with Gasteiger partial charge in [-0.05, 0) is 12.0 Å². The first-order valence-corrected chi connectivity index (χ1v) is 7.68. The molecule has 2 N–H and O–H groups in total. The third kappa shape index (κ3) is 3.87. The largest absolute Gasteiger partial charge is 0.493 e. The zero-order valence-corrected chi connectivity index (χ0v) is 12.2. The van der Waals surface area contributed by atoms with E-state index in [1.807, 2.05) is 30.3 Å². The van der Waals surface area contributed by atoms with Gasteiger partial charge in [-0.25, -0.2) is 0 Å². The molecule has 1 aromatic carbocycles. The molecule has 0 fully saturated rings. The minimum absolute atomic E-state index is 0.170. The molecule has 2 aromatic rings. The molecule has 5 heteroatoms. The van der Waals surface area contributed by atoms with E-state index in [1.54, 1.807) is 0 Å². The van der Waals surface area contributed by atoms with Crippen molar-refractivity contribution in [2.24, 2.45) is 0 Å². The van der Waals surface area contributed by atoms with Crippen LogP contribution in [0.3, 0.4) is 0 Å². The lowest BCUT2D eigenvalue weighted by atomic mass is 10.1. The van der Waals surface area contributed by atoms with E-state index < -0.39 is 0 Å². The van der Waals surface area contributed by atoms with Crippen molar-refractivity contribution >= 4 is 11.8 Å². The molecular formula is C15H18N2O2S. The SMILES string of the molecule is CCCCSc1nc(O)c(Cc2ccccc2)c(=O)[nH]1. The van der Waals surface area contributed by atoms with E-state index in [-0.39, 0.29) is 11.4 Å². The minimum atomic E-state index is -0.264. The second kappa shape index (κ2) is 7.14. The molecule has 0 saturated heterocycles. The van der Waals surface area contributed by atoms with Crippen LogP contribution in [-0.4, -0.2) is 20.8 Å². The second-order valence-electron chi connectivity index (χ2n) is 4.54. The van der Waals surface area contributed by atoms with Crippen LogP contribution in [0.25, 0.3) is 0 Å². The Morgan fingerprint density at radius 1 is 1.30 bits per heavy atom. The van der Waals surface area contributed by atoms with E-state index in [0.717, 1.165) is 24.2 Å². The van der Waals surface area contributed by atoms with Crippen LogP contribution >= 0.6 is 11.8 Å². The molecule has 0 aliphatic heterocycles. The summed E-state index contributed by atoms with van der Waals surface area (Å²) < 4.78 is 0. The molecule has 0 amide bonds. The number of rotatable bonds is 6. The van der Waals surface area contributed by atoms with Crippen LogP contribution in [0.5, 0.6) is 5.88 Å². The van der Waals surface area contributed by atoms with Gasteiger partial charge in [0.1, 0.15) is 0 Å². The zero-order chi connectivity index (χ0) is 14.4.